The molecule has 0 aliphatic heterocycles. The van der Waals surface area contributed by atoms with Crippen molar-refractivity contribution in [2.45, 2.75) is 25.1 Å². The molecule has 1 aromatic rings. The Morgan fingerprint density at radius 1 is 1.40 bits per heavy atom. The Hall–Kier alpha value is -0.770. The normalized spacial score (nSPS) is 12.9. The summed E-state index contributed by atoms with van der Waals surface area (Å²) in [7, 11) is 0. The molecule has 1 aromatic carbocycles. The summed E-state index contributed by atoms with van der Waals surface area (Å²) in [6.45, 7) is 3.29. The fourth-order valence-corrected chi connectivity index (χ4v) is 1.64. The summed E-state index contributed by atoms with van der Waals surface area (Å²) in [6.07, 6.45) is -2.62. The number of halogens is 3. The lowest BCUT2D eigenvalue weighted by Gasteiger charge is -2.12. The van der Waals surface area contributed by atoms with Gasteiger partial charge >= 0.3 is 0 Å². The molecular formula is C11H11BrF2O. The molecule has 1 unspecified atom stereocenters. The van der Waals surface area contributed by atoms with Gasteiger partial charge in [-0.2, -0.15) is 0 Å². The van der Waals surface area contributed by atoms with Gasteiger partial charge in [0.2, 0.25) is 0 Å². The van der Waals surface area contributed by atoms with Crippen molar-refractivity contribution in [3.05, 3.63) is 34.9 Å². The van der Waals surface area contributed by atoms with E-state index in [-0.39, 0.29) is 16.9 Å². The smallest absolute Gasteiger partial charge is 0.264 e. The third kappa shape index (κ3) is 2.62. The van der Waals surface area contributed by atoms with Crippen LogP contribution >= 0.6 is 15.9 Å². The molecule has 0 N–H and O–H groups in total. The number of rotatable bonds is 3. The molecule has 0 saturated heterocycles. The highest BCUT2D eigenvalue weighted by Gasteiger charge is 2.22. The number of carbonyl (C=O) groups excluding carboxylic acids is 1. The minimum absolute atomic E-state index is 0.136. The Kier molecular flexibility index (Phi) is 3.97. The zero-order valence-corrected chi connectivity index (χ0v) is 10.0. The maximum absolute atomic E-state index is 12.7. The van der Waals surface area contributed by atoms with Crippen LogP contribution in [0.25, 0.3) is 0 Å². The lowest BCUT2D eigenvalue weighted by Crippen LogP contribution is -2.14. The van der Waals surface area contributed by atoms with Crippen LogP contribution in [0.15, 0.2) is 18.2 Å². The average molecular weight is 277 g/mol. The molecule has 1 rings (SSSR count). The topological polar surface area (TPSA) is 17.1 Å². The molecule has 4 heteroatoms. The number of carbonyl (C=O) groups is 1. The van der Waals surface area contributed by atoms with Crippen molar-refractivity contribution >= 4 is 21.7 Å². The molecule has 0 radical (unpaired) electrons. The van der Waals surface area contributed by atoms with Crippen LogP contribution in [0.4, 0.5) is 8.78 Å². The Balaban J connectivity index is 3.31. The zero-order valence-electron chi connectivity index (χ0n) is 8.43. The molecule has 0 bridgehead atoms. The Morgan fingerprint density at radius 2 is 2.00 bits per heavy atom. The molecule has 0 fully saturated rings. The van der Waals surface area contributed by atoms with Gasteiger partial charge in [0.1, 0.15) is 0 Å². The van der Waals surface area contributed by atoms with Gasteiger partial charge in [-0.05, 0) is 19.4 Å². The molecule has 0 saturated carbocycles. The number of benzene rings is 1. The van der Waals surface area contributed by atoms with E-state index >= 15 is 0 Å². The fraction of sp³-hybridized carbons (Fsp3) is 0.364. The zero-order chi connectivity index (χ0) is 11.6. The van der Waals surface area contributed by atoms with Gasteiger partial charge in [-0.1, -0.05) is 34.1 Å². The molecule has 0 spiro atoms. The summed E-state index contributed by atoms with van der Waals surface area (Å²) in [5, 5.41) is 0. The molecule has 0 aliphatic rings. The lowest BCUT2D eigenvalue weighted by atomic mass is 9.97. The van der Waals surface area contributed by atoms with Crippen molar-refractivity contribution in [1.29, 1.82) is 0 Å². The maximum Gasteiger partial charge on any atom is 0.264 e. The van der Waals surface area contributed by atoms with E-state index in [9.17, 15) is 13.6 Å². The molecule has 0 aliphatic carbocycles. The van der Waals surface area contributed by atoms with Gasteiger partial charge in [-0.25, -0.2) is 8.78 Å². The average Bonchev–Trinajstić information content (AvgIpc) is 2.16. The van der Waals surface area contributed by atoms with Crippen LogP contribution < -0.4 is 0 Å². The molecule has 82 valence electrons. The fourth-order valence-electron chi connectivity index (χ4n) is 1.41. The van der Waals surface area contributed by atoms with Gasteiger partial charge in [0.05, 0.1) is 4.83 Å². The largest absolute Gasteiger partial charge is 0.293 e. The monoisotopic (exact) mass is 276 g/mol. The van der Waals surface area contributed by atoms with Crippen LogP contribution in [0.3, 0.4) is 0 Å². The molecule has 15 heavy (non-hydrogen) atoms. The SMILES string of the molecule is Cc1cccc(C(F)F)c1C(=O)C(C)Br. The summed E-state index contributed by atoms with van der Waals surface area (Å²) < 4.78 is 25.3. The van der Waals surface area contributed by atoms with Gasteiger partial charge in [-0.3, -0.25) is 4.79 Å². The third-order valence-electron chi connectivity index (χ3n) is 2.15. The third-order valence-corrected chi connectivity index (χ3v) is 2.56. The Labute approximate surface area is 95.6 Å². The summed E-state index contributed by atoms with van der Waals surface area (Å²) in [5.74, 6) is -0.302. The van der Waals surface area contributed by atoms with E-state index in [1.54, 1.807) is 19.9 Å². The number of hydrogen-bond donors (Lipinski definition) is 0. The van der Waals surface area contributed by atoms with Gasteiger partial charge in [-0.15, -0.1) is 0 Å². The van der Waals surface area contributed by atoms with Crippen molar-refractivity contribution in [3.63, 3.8) is 0 Å². The minimum atomic E-state index is -2.62. The van der Waals surface area contributed by atoms with Gasteiger partial charge in [0.25, 0.3) is 6.43 Å². The van der Waals surface area contributed by atoms with Crippen LogP contribution in [0.5, 0.6) is 0 Å². The number of hydrogen-bond acceptors (Lipinski definition) is 1. The first-order chi connectivity index (χ1) is 6.95. The predicted molar refractivity (Wildman–Crippen MR) is 58.9 cm³/mol. The molecule has 0 amide bonds. The molecule has 1 atom stereocenters. The second-order valence-electron chi connectivity index (χ2n) is 3.32. The quantitative estimate of drug-likeness (QED) is 0.605. The van der Waals surface area contributed by atoms with E-state index in [1.165, 1.54) is 12.1 Å². The second kappa shape index (κ2) is 4.84. The number of aryl methyl sites for hydroxylation is 1. The van der Waals surface area contributed by atoms with E-state index in [4.69, 9.17) is 0 Å². The standard InChI is InChI=1S/C11H11BrF2O/c1-6-4-3-5-8(11(13)14)9(6)10(15)7(2)12/h3-5,7,11H,1-2H3. The predicted octanol–water partition coefficient (Wildman–Crippen LogP) is 3.90. The summed E-state index contributed by atoms with van der Waals surface area (Å²) >= 11 is 3.10. The van der Waals surface area contributed by atoms with E-state index in [0.29, 0.717) is 5.56 Å². The van der Waals surface area contributed by atoms with Crippen LogP contribution in [-0.2, 0) is 0 Å². The van der Waals surface area contributed by atoms with Crippen molar-refractivity contribution in [2.24, 2.45) is 0 Å². The van der Waals surface area contributed by atoms with Crippen molar-refractivity contribution in [2.75, 3.05) is 0 Å². The number of Topliss-reactive ketones (excluding diaryl/α,β-unsaturated/α-hetero) is 1. The van der Waals surface area contributed by atoms with Crippen LogP contribution in [0, 0.1) is 6.92 Å². The highest BCUT2D eigenvalue weighted by molar-refractivity contribution is 9.10. The van der Waals surface area contributed by atoms with E-state index in [2.05, 4.69) is 15.9 Å². The number of ketones is 1. The molecule has 1 nitrogen and oxygen atoms in total. The summed E-state index contributed by atoms with van der Waals surface area (Å²) in [6, 6.07) is 4.49. The molecule has 0 aromatic heterocycles. The van der Waals surface area contributed by atoms with Crippen LogP contribution in [0.2, 0.25) is 0 Å². The van der Waals surface area contributed by atoms with Gasteiger partial charge < -0.3 is 0 Å². The second-order valence-corrected chi connectivity index (χ2v) is 4.69. The van der Waals surface area contributed by atoms with Crippen molar-refractivity contribution in [3.8, 4) is 0 Å². The molecular weight excluding hydrogens is 266 g/mol. The highest BCUT2D eigenvalue weighted by Crippen LogP contribution is 2.27. The van der Waals surface area contributed by atoms with Gasteiger partial charge in [0.15, 0.2) is 5.78 Å². The summed E-state index contributed by atoms with van der Waals surface area (Å²) in [4.78, 5) is 11.3. The first-order valence-corrected chi connectivity index (χ1v) is 5.42. The minimum Gasteiger partial charge on any atom is -0.293 e. The Bertz CT molecular complexity index is 375. The lowest BCUT2D eigenvalue weighted by molar-refractivity contribution is 0.0981. The van der Waals surface area contributed by atoms with Gasteiger partial charge in [0, 0.05) is 11.1 Å². The first-order valence-electron chi connectivity index (χ1n) is 4.51. The first kappa shape index (κ1) is 12.3. The maximum atomic E-state index is 12.7. The summed E-state index contributed by atoms with van der Waals surface area (Å²) in [5.41, 5.74) is 0.535. The van der Waals surface area contributed by atoms with Crippen LogP contribution in [0.1, 0.15) is 34.8 Å². The van der Waals surface area contributed by atoms with E-state index in [0.717, 1.165) is 0 Å². The molecule has 0 heterocycles. The van der Waals surface area contributed by atoms with Crippen molar-refractivity contribution < 1.29 is 13.6 Å². The van der Waals surface area contributed by atoms with Crippen LogP contribution in [-0.4, -0.2) is 10.6 Å². The highest BCUT2D eigenvalue weighted by atomic mass is 79.9. The number of alkyl halides is 3. The Morgan fingerprint density at radius 3 is 2.47 bits per heavy atom. The van der Waals surface area contributed by atoms with Crippen molar-refractivity contribution in [1.82, 2.24) is 0 Å². The van der Waals surface area contributed by atoms with E-state index in [1.807, 2.05) is 0 Å². The van der Waals surface area contributed by atoms with E-state index < -0.39 is 11.3 Å².